The molecule has 0 unspecified atom stereocenters. The van der Waals surface area contributed by atoms with E-state index in [1.165, 1.54) is 19.4 Å². The molecule has 1 heterocycles. The van der Waals surface area contributed by atoms with E-state index in [9.17, 15) is 9.59 Å². The fourth-order valence-corrected chi connectivity index (χ4v) is 3.58. The molecule has 1 aliphatic rings. The Morgan fingerprint density at radius 2 is 1.68 bits per heavy atom. The molecule has 0 aromatic heterocycles. The topological polar surface area (TPSA) is 61.4 Å². The molecule has 2 atom stereocenters. The number of likely N-dealkylation sites (tertiary alicyclic amines) is 1. The van der Waals surface area contributed by atoms with Crippen molar-refractivity contribution in [3.8, 4) is 0 Å². The van der Waals surface area contributed by atoms with Crippen molar-refractivity contribution in [1.29, 1.82) is 0 Å². The minimum atomic E-state index is -0.704. The van der Waals surface area contributed by atoms with Gasteiger partial charge in [0.05, 0.1) is 0 Å². The summed E-state index contributed by atoms with van der Waals surface area (Å²) >= 11 is 0. The van der Waals surface area contributed by atoms with Gasteiger partial charge in [0.15, 0.2) is 0 Å². The number of rotatable bonds is 3. The fourth-order valence-electron chi connectivity index (χ4n) is 3.58. The Balaban J connectivity index is 2.39. The number of amides is 2. The van der Waals surface area contributed by atoms with Gasteiger partial charge in [0.25, 0.3) is 0 Å². The molecule has 0 spiro atoms. The molecule has 1 saturated heterocycles. The van der Waals surface area contributed by atoms with E-state index < -0.39 is 5.66 Å². The first-order chi connectivity index (χ1) is 10.4. The summed E-state index contributed by atoms with van der Waals surface area (Å²) in [7, 11) is 2.08. The third-order valence-corrected chi connectivity index (χ3v) is 4.52. The van der Waals surface area contributed by atoms with Gasteiger partial charge in [0.1, 0.15) is 5.66 Å². The van der Waals surface area contributed by atoms with E-state index in [0.717, 1.165) is 6.54 Å². The molecule has 0 saturated carbocycles. The summed E-state index contributed by atoms with van der Waals surface area (Å²) in [5.74, 6) is -0.213. The Morgan fingerprint density at radius 3 is 2.18 bits per heavy atom. The number of nitrogens with zero attached hydrogens (tertiary/aromatic N) is 1. The molecule has 5 nitrogen and oxygen atoms in total. The van der Waals surface area contributed by atoms with Crippen LogP contribution in [0.25, 0.3) is 0 Å². The van der Waals surface area contributed by atoms with Gasteiger partial charge in [-0.25, -0.2) is 0 Å². The average molecular weight is 303 g/mol. The number of benzene rings is 1. The minimum Gasteiger partial charge on any atom is -0.333 e. The summed E-state index contributed by atoms with van der Waals surface area (Å²) in [5, 5.41) is 6.00. The van der Waals surface area contributed by atoms with Crippen molar-refractivity contribution in [2.45, 2.75) is 38.9 Å². The highest BCUT2D eigenvalue weighted by molar-refractivity contribution is 5.77. The largest absolute Gasteiger partial charge is 0.333 e. The predicted molar refractivity (Wildman–Crippen MR) is 86.0 cm³/mol. The Hall–Kier alpha value is -1.88. The van der Waals surface area contributed by atoms with Gasteiger partial charge in [-0.2, -0.15) is 0 Å². The van der Waals surface area contributed by atoms with Crippen molar-refractivity contribution in [1.82, 2.24) is 15.5 Å². The van der Waals surface area contributed by atoms with E-state index in [-0.39, 0.29) is 23.8 Å². The van der Waals surface area contributed by atoms with Crippen LogP contribution in [0.15, 0.2) is 30.3 Å². The highest BCUT2D eigenvalue weighted by atomic mass is 16.2. The fraction of sp³-hybridized carbons (Fsp3) is 0.529. The molecule has 1 aliphatic heterocycles. The molecule has 22 heavy (non-hydrogen) atoms. The number of piperidine rings is 1. The minimum absolute atomic E-state index is 0.0430. The number of hydrogen-bond donors (Lipinski definition) is 2. The predicted octanol–water partition coefficient (Wildman–Crippen LogP) is 1.67. The molecule has 2 amide bonds. The summed E-state index contributed by atoms with van der Waals surface area (Å²) < 4.78 is 0. The molecule has 5 heteroatoms. The molecule has 1 aromatic carbocycles. The zero-order valence-electron chi connectivity index (χ0n) is 13.7. The van der Waals surface area contributed by atoms with Crippen LogP contribution in [0.4, 0.5) is 0 Å². The molecule has 120 valence electrons. The van der Waals surface area contributed by atoms with Crippen LogP contribution in [-0.2, 0) is 9.59 Å². The van der Waals surface area contributed by atoms with E-state index >= 15 is 0 Å². The van der Waals surface area contributed by atoms with Crippen molar-refractivity contribution in [3.63, 3.8) is 0 Å². The molecule has 0 radical (unpaired) electrons. The number of nitrogens with one attached hydrogen (secondary N) is 2. The van der Waals surface area contributed by atoms with Crippen LogP contribution in [-0.4, -0.2) is 36.0 Å². The van der Waals surface area contributed by atoms with Crippen LogP contribution < -0.4 is 10.6 Å². The molecular weight excluding hydrogens is 278 g/mol. The first-order valence-corrected chi connectivity index (χ1v) is 7.68. The van der Waals surface area contributed by atoms with Crippen LogP contribution in [0.2, 0.25) is 0 Å². The maximum absolute atomic E-state index is 11.7. The number of carbonyl (C=O) groups is 2. The SMILES string of the molecule is CC(=O)NC1(NC(C)=O)CCN(C)[C@H](c2ccccc2)[C@@H]1C. The van der Waals surface area contributed by atoms with Crippen molar-refractivity contribution in [2.24, 2.45) is 5.92 Å². The lowest BCUT2D eigenvalue weighted by atomic mass is 9.77. The van der Waals surface area contributed by atoms with E-state index in [0.29, 0.717) is 6.42 Å². The van der Waals surface area contributed by atoms with E-state index in [1.807, 2.05) is 18.2 Å². The zero-order valence-corrected chi connectivity index (χ0v) is 13.7. The second kappa shape index (κ2) is 6.48. The summed E-state index contributed by atoms with van der Waals surface area (Å²) in [6, 6.07) is 10.3. The lowest BCUT2D eigenvalue weighted by molar-refractivity contribution is -0.129. The number of hydrogen-bond acceptors (Lipinski definition) is 3. The second-order valence-corrected chi connectivity index (χ2v) is 6.21. The monoisotopic (exact) mass is 303 g/mol. The molecule has 2 rings (SSSR count). The second-order valence-electron chi connectivity index (χ2n) is 6.21. The van der Waals surface area contributed by atoms with Crippen LogP contribution in [0, 0.1) is 5.92 Å². The third kappa shape index (κ3) is 3.30. The third-order valence-electron chi connectivity index (χ3n) is 4.52. The van der Waals surface area contributed by atoms with Crippen LogP contribution in [0.3, 0.4) is 0 Å². The summed E-state index contributed by atoms with van der Waals surface area (Å²) in [6.45, 7) is 5.86. The van der Waals surface area contributed by atoms with Gasteiger partial charge in [-0.05, 0) is 12.6 Å². The van der Waals surface area contributed by atoms with Crippen molar-refractivity contribution < 1.29 is 9.59 Å². The quantitative estimate of drug-likeness (QED) is 0.835. The van der Waals surface area contributed by atoms with Gasteiger partial charge < -0.3 is 10.6 Å². The Labute approximate surface area is 132 Å². The summed E-state index contributed by atoms with van der Waals surface area (Å²) in [4.78, 5) is 25.7. The molecule has 0 bridgehead atoms. The average Bonchev–Trinajstić information content (AvgIpc) is 2.43. The number of carbonyl (C=O) groups excluding carboxylic acids is 2. The lowest BCUT2D eigenvalue weighted by Gasteiger charge is -2.51. The zero-order chi connectivity index (χ0) is 16.3. The van der Waals surface area contributed by atoms with Crippen molar-refractivity contribution >= 4 is 11.8 Å². The Morgan fingerprint density at radius 1 is 1.14 bits per heavy atom. The highest BCUT2D eigenvalue weighted by Crippen LogP contribution is 2.39. The summed E-state index contributed by atoms with van der Waals surface area (Å²) in [5.41, 5.74) is 0.488. The smallest absolute Gasteiger partial charge is 0.218 e. The molecule has 2 N–H and O–H groups in total. The molecule has 0 aliphatic carbocycles. The highest BCUT2D eigenvalue weighted by Gasteiger charge is 2.47. The van der Waals surface area contributed by atoms with E-state index in [1.54, 1.807) is 0 Å². The van der Waals surface area contributed by atoms with Crippen LogP contribution >= 0.6 is 0 Å². The van der Waals surface area contributed by atoms with Gasteiger partial charge >= 0.3 is 0 Å². The van der Waals surface area contributed by atoms with Gasteiger partial charge in [0.2, 0.25) is 11.8 Å². The Bertz CT molecular complexity index is 528. The van der Waals surface area contributed by atoms with Crippen LogP contribution in [0.1, 0.15) is 38.8 Å². The first-order valence-electron chi connectivity index (χ1n) is 7.68. The van der Waals surface area contributed by atoms with E-state index in [4.69, 9.17) is 0 Å². The molecular formula is C17H25N3O2. The Kier molecular flexibility index (Phi) is 4.86. The summed E-state index contributed by atoms with van der Waals surface area (Å²) in [6.07, 6.45) is 0.688. The van der Waals surface area contributed by atoms with Gasteiger partial charge in [0, 0.05) is 38.8 Å². The van der Waals surface area contributed by atoms with Gasteiger partial charge in [-0.3, -0.25) is 14.5 Å². The van der Waals surface area contributed by atoms with Gasteiger partial charge in [-0.15, -0.1) is 0 Å². The molecule has 1 aromatic rings. The normalized spacial score (nSPS) is 24.5. The van der Waals surface area contributed by atoms with E-state index in [2.05, 4.69) is 41.6 Å². The first kappa shape index (κ1) is 16.5. The van der Waals surface area contributed by atoms with Crippen molar-refractivity contribution in [3.05, 3.63) is 35.9 Å². The van der Waals surface area contributed by atoms with Crippen LogP contribution in [0.5, 0.6) is 0 Å². The standard InChI is InChI=1S/C17H25N3O2/c1-12-16(15-8-6-5-7-9-15)20(4)11-10-17(12,18-13(2)21)19-14(3)22/h5-9,12,16H,10-11H2,1-4H3,(H,18,21)(H,19,22)/t12-,16-/m0/s1. The maximum Gasteiger partial charge on any atom is 0.218 e. The molecule has 1 fully saturated rings. The van der Waals surface area contributed by atoms with Crippen molar-refractivity contribution in [2.75, 3.05) is 13.6 Å². The maximum atomic E-state index is 11.7. The lowest BCUT2D eigenvalue weighted by Crippen LogP contribution is -2.68. The van der Waals surface area contributed by atoms with Gasteiger partial charge in [-0.1, -0.05) is 37.3 Å².